The van der Waals surface area contributed by atoms with Crippen LogP contribution in [0.25, 0.3) is 6.08 Å². The standard InChI is InChI=1S/C24H21BrN2O4S/c1-4-31-23(29)20-14(2)26-24-27(21(20)16-7-9-17(25)10-8-16)22(28)19(32-24)13-15-5-11-18(30-3)12-6-15/h5-13,21H,4H2,1-3H3/b19-13+/t21-/m1/s1. The van der Waals surface area contributed by atoms with E-state index in [4.69, 9.17) is 9.47 Å². The van der Waals surface area contributed by atoms with Gasteiger partial charge in [0.2, 0.25) is 0 Å². The van der Waals surface area contributed by atoms with Crippen LogP contribution in [-0.4, -0.2) is 24.3 Å². The van der Waals surface area contributed by atoms with Crippen molar-refractivity contribution in [1.82, 2.24) is 4.57 Å². The maximum atomic E-state index is 13.5. The zero-order valence-corrected chi connectivity index (χ0v) is 20.2. The van der Waals surface area contributed by atoms with Crippen LogP contribution in [0.1, 0.15) is 31.0 Å². The molecule has 0 N–H and O–H groups in total. The van der Waals surface area contributed by atoms with E-state index in [0.717, 1.165) is 21.3 Å². The highest BCUT2D eigenvalue weighted by Gasteiger charge is 2.33. The lowest BCUT2D eigenvalue weighted by molar-refractivity contribution is -0.139. The first-order chi connectivity index (χ1) is 15.4. The number of carbonyl (C=O) groups is 1. The quantitative estimate of drug-likeness (QED) is 0.490. The Bertz CT molecular complexity index is 1370. The average Bonchev–Trinajstić information content (AvgIpc) is 3.08. The minimum absolute atomic E-state index is 0.202. The van der Waals surface area contributed by atoms with Gasteiger partial charge in [-0.05, 0) is 55.3 Å². The van der Waals surface area contributed by atoms with E-state index in [9.17, 15) is 9.59 Å². The van der Waals surface area contributed by atoms with E-state index in [-0.39, 0.29) is 12.2 Å². The summed E-state index contributed by atoms with van der Waals surface area (Å²) in [6, 6.07) is 14.4. The molecule has 0 fully saturated rings. The van der Waals surface area contributed by atoms with Gasteiger partial charge in [-0.3, -0.25) is 9.36 Å². The molecule has 1 aliphatic heterocycles. The van der Waals surface area contributed by atoms with Crippen LogP contribution in [0.5, 0.6) is 5.75 Å². The molecule has 1 atom stereocenters. The van der Waals surface area contributed by atoms with Gasteiger partial charge in [0.25, 0.3) is 5.56 Å². The minimum Gasteiger partial charge on any atom is -0.497 e. The molecule has 6 nitrogen and oxygen atoms in total. The van der Waals surface area contributed by atoms with Crippen LogP contribution in [0, 0.1) is 0 Å². The molecule has 0 radical (unpaired) electrons. The van der Waals surface area contributed by atoms with Crippen molar-refractivity contribution in [3.8, 4) is 5.75 Å². The van der Waals surface area contributed by atoms with Crippen molar-refractivity contribution in [2.75, 3.05) is 13.7 Å². The summed E-state index contributed by atoms with van der Waals surface area (Å²) >= 11 is 4.75. The van der Waals surface area contributed by atoms with Gasteiger partial charge in [0.1, 0.15) is 5.75 Å². The van der Waals surface area contributed by atoms with Gasteiger partial charge < -0.3 is 9.47 Å². The van der Waals surface area contributed by atoms with E-state index in [2.05, 4.69) is 20.9 Å². The number of nitrogens with zero attached hydrogens (tertiary/aromatic N) is 2. The van der Waals surface area contributed by atoms with Gasteiger partial charge in [0, 0.05) is 4.47 Å². The number of allylic oxidation sites excluding steroid dienone is 1. The molecule has 0 amide bonds. The first-order valence-corrected chi connectivity index (χ1v) is 11.6. The summed E-state index contributed by atoms with van der Waals surface area (Å²) in [4.78, 5) is 31.5. The normalized spacial score (nSPS) is 15.9. The lowest BCUT2D eigenvalue weighted by Gasteiger charge is -2.24. The lowest BCUT2D eigenvalue weighted by atomic mass is 9.96. The lowest BCUT2D eigenvalue weighted by Crippen LogP contribution is -2.39. The molecule has 1 aliphatic rings. The largest absolute Gasteiger partial charge is 0.497 e. The Hall–Kier alpha value is -2.97. The van der Waals surface area contributed by atoms with Crippen molar-refractivity contribution in [3.63, 3.8) is 0 Å². The summed E-state index contributed by atoms with van der Waals surface area (Å²) in [5.74, 6) is 0.277. The highest BCUT2D eigenvalue weighted by atomic mass is 79.9. The van der Waals surface area contributed by atoms with Gasteiger partial charge in [0.05, 0.1) is 35.6 Å². The predicted octanol–water partition coefficient (Wildman–Crippen LogP) is 3.57. The smallest absolute Gasteiger partial charge is 0.338 e. The number of methoxy groups -OCH3 is 1. The van der Waals surface area contributed by atoms with E-state index in [1.54, 1.807) is 25.5 Å². The second-order valence-electron chi connectivity index (χ2n) is 7.13. The molecular formula is C24H21BrN2O4S. The van der Waals surface area contributed by atoms with Crippen molar-refractivity contribution >= 4 is 39.3 Å². The Morgan fingerprint density at radius 1 is 1.19 bits per heavy atom. The zero-order chi connectivity index (χ0) is 22.8. The SMILES string of the molecule is CCOC(=O)C1=C(C)N=c2s/c(=C/c3ccc(OC)cc3)c(=O)n2[C@@H]1c1ccc(Br)cc1. The van der Waals surface area contributed by atoms with Crippen molar-refractivity contribution in [1.29, 1.82) is 0 Å². The van der Waals surface area contributed by atoms with Crippen molar-refractivity contribution in [2.24, 2.45) is 4.99 Å². The van der Waals surface area contributed by atoms with E-state index >= 15 is 0 Å². The Balaban J connectivity index is 1.92. The molecule has 0 unspecified atom stereocenters. The molecule has 8 heteroatoms. The molecule has 0 saturated heterocycles. The molecule has 0 aliphatic carbocycles. The number of rotatable bonds is 5. The van der Waals surface area contributed by atoms with E-state index < -0.39 is 12.0 Å². The number of esters is 1. The van der Waals surface area contributed by atoms with E-state index in [1.807, 2.05) is 54.6 Å². The van der Waals surface area contributed by atoms with Crippen LogP contribution in [0.4, 0.5) is 0 Å². The van der Waals surface area contributed by atoms with E-state index in [1.165, 1.54) is 11.3 Å². The van der Waals surface area contributed by atoms with Gasteiger partial charge in [-0.25, -0.2) is 9.79 Å². The molecular weight excluding hydrogens is 492 g/mol. The number of carbonyl (C=O) groups excluding carboxylic acids is 1. The number of benzene rings is 2. The van der Waals surface area contributed by atoms with Gasteiger partial charge in [0.15, 0.2) is 4.80 Å². The highest BCUT2D eigenvalue weighted by molar-refractivity contribution is 9.10. The Morgan fingerprint density at radius 2 is 1.88 bits per heavy atom. The molecule has 0 bridgehead atoms. The number of hydrogen-bond donors (Lipinski definition) is 0. The predicted molar refractivity (Wildman–Crippen MR) is 128 cm³/mol. The number of aromatic nitrogens is 1. The monoisotopic (exact) mass is 512 g/mol. The van der Waals surface area contributed by atoms with Crippen LogP contribution in [0.2, 0.25) is 0 Å². The average molecular weight is 513 g/mol. The highest BCUT2D eigenvalue weighted by Crippen LogP contribution is 2.31. The van der Waals surface area contributed by atoms with Crippen molar-refractivity contribution in [3.05, 3.63) is 95.1 Å². The van der Waals surface area contributed by atoms with Crippen molar-refractivity contribution < 1.29 is 14.3 Å². The van der Waals surface area contributed by atoms with Crippen LogP contribution < -0.4 is 19.6 Å². The molecule has 32 heavy (non-hydrogen) atoms. The molecule has 3 aromatic rings. The molecule has 0 saturated carbocycles. The fourth-order valence-electron chi connectivity index (χ4n) is 3.60. The summed E-state index contributed by atoms with van der Waals surface area (Å²) in [6.07, 6.45) is 1.82. The maximum Gasteiger partial charge on any atom is 0.338 e. The van der Waals surface area contributed by atoms with Gasteiger partial charge in [-0.15, -0.1) is 0 Å². The van der Waals surface area contributed by atoms with Gasteiger partial charge >= 0.3 is 5.97 Å². The third-order valence-corrected chi connectivity index (χ3v) is 6.63. The van der Waals surface area contributed by atoms with Crippen LogP contribution >= 0.6 is 27.3 Å². The summed E-state index contributed by atoms with van der Waals surface area (Å²) in [6.45, 7) is 3.77. The molecule has 1 aromatic heterocycles. The first kappa shape index (κ1) is 22.2. The number of hydrogen-bond acceptors (Lipinski definition) is 6. The Kier molecular flexibility index (Phi) is 6.43. The third kappa shape index (κ3) is 4.20. The number of fused-ring (bicyclic) bond motifs is 1. The fourth-order valence-corrected chi connectivity index (χ4v) is 4.91. The number of ether oxygens (including phenoxy) is 2. The van der Waals surface area contributed by atoms with Gasteiger partial charge in [-0.2, -0.15) is 0 Å². The molecule has 0 spiro atoms. The van der Waals surface area contributed by atoms with Crippen LogP contribution in [0.15, 0.2) is 74.1 Å². The van der Waals surface area contributed by atoms with E-state index in [0.29, 0.717) is 20.6 Å². The third-order valence-electron chi connectivity index (χ3n) is 5.12. The fraction of sp³-hybridized carbons (Fsp3) is 0.208. The summed E-state index contributed by atoms with van der Waals surface area (Å²) < 4.78 is 13.5. The maximum absolute atomic E-state index is 13.5. The number of halogens is 1. The Morgan fingerprint density at radius 3 is 2.50 bits per heavy atom. The number of thiazole rings is 1. The second-order valence-corrected chi connectivity index (χ2v) is 9.05. The summed E-state index contributed by atoms with van der Waals surface area (Å²) in [7, 11) is 1.61. The summed E-state index contributed by atoms with van der Waals surface area (Å²) in [5, 5.41) is 0. The Labute approximate surface area is 197 Å². The molecule has 2 heterocycles. The zero-order valence-electron chi connectivity index (χ0n) is 17.8. The minimum atomic E-state index is -0.614. The first-order valence-electron chi connectivity index (χ1n) is 10.0. The van der Waals surface area contributed by atoms with Crippen LogP contribution in [-0.2, 0) is 9.53 Å². The topological polar surface area (TPSA) is 69.9 Å². The molecule has 164 valence electrons. The van der Waals surface area contributed by atoms with Gasteiger partial charge in [-0.1, -0.05) is 51.5 Å². The van der Waals surface area contributed by atoms with Crippen molar-refractivity contribution in [2.45, 2.75) is 19.9 Å². The second kappa shape index (κ2) is 9.26. The molecule has 2 aromatic carbocycles. The summed E-state index contributed by atoms with van der Waals surface area (Å²) in [5.41, 5.74) is 2.40. The van der Waals surface area contributed by atoms with Crippen LogP contribution in [0.3, 0.4) is 0 Å². The molecule has 4 rings (SSSR count).